The van der Waals surface area contributed by atoms with Crippen molar-refractivity contribution in [3.05, 3.63) is 83.1 Å². The van der Waals surface area contributed by atoms with E-state index in [2.05, 4.69) is 22.0 Å². The molecular weight excluding hydrogens is 378 g/mol. The van der Waals surface area contributed by atoms with E-state index < -0.39 is 0 Å². The maximum absolute atomic E-state index is 12.7. The van der Waals surface area contributed by atoms with Crippen LogP contribution in [0, 0.1) is 13.8 Å². The molecule has 0 saturated carbocycles. The lowest BCUT2D eigenvalue weighted by atomic mass is 10.1. The van der Waals surface area contributed by atoms with E-state index in [-0.39, 0.29) is 5.91 Å². The van der Waals surface area contributed by atoms with Crippen LogP contribution in [0.3, 0.4) is 0 Å². The number of carbonyl (C=O) groups is 1. The Morgan fingerprint density at radius 3 is 2.47 bits per heavy atom. The van der Waals surface area contributed by atoms with Gasteiger partial charge in [-0.1, -0.05) is 18.2 Å². The van der Waals surface area contributed by atoms with Crippen LogP contribution in [-0.2, 0) is 13.2 Å². The van der Waals surface area contributed by atoms with Gasteiger partial charge < -0.3 is 14.1 Å². The molecule has 3 aromatic rings. The third-order valence-electron chi connectivity index (χ3n) is 5.37. The van der Waals surface area contributed by atoms with Gasteiger partial charge in [-0.05, 0) is 49.7 Å². The molecule has 4 rings (SSSR count). The first kappa shape index (κ1) is 20.2. The van der Waals surface area contributed by atoms with Gasteiger partial charge in [0, 0.05) is 38.9 Å². The number of amides is 1. The molecule has 1 aromatic carbocycles. The average molecular weight is 405 g/mol. The zero-order valence-electron chi connectivity index (χ0n) is 17.5. The van der Waals surface area contributed by atoms with E-state index in [4.69, 9.17) is 9.15 Å². The normalized spacial score (nSPS) is 14.7. The van der Waals surface area contributed by atoms with Gasteiger partial charge in [0.25, 0.3) is 5.91 Å². The van der Waals surface area contributed by atoms with Crippen molar-refractivity contribution in [1.82, 2.24) is 14.8 Å². The van der Waals surface area contributed by atoms with Crippen LogP contribution in [0.1, 0.15) is 33.1 Å². The number of hydrogen-bond donors (Lipinski definition) is 0. The van der Waals surface area contributed by atoms with E-state index in [0.29, 0.717) is 17.9 Å². The average Bonchev–Trinajstić information content (AvgIpc) is 3.12. The number of rotatable bonds is 6. The minimum absolute atomic E-state index is 0.0680. The van der Waals surface area contributed by atoms with Crippen LogP contribution >= 0.6 is 0 Å². The fourth-order valence-corrected chi connectivity index (χ4v) is 3.71. The number of ether oxygens (including phenoxy) is 1. The smallest absolute Gasteiger partial charge is 0.257 e. The number of furan rings is 1. The second-order valence-corrected chi connectivity index (χ2v) is 7.65. The Morgan fingerprint density at radius 2 is 1.83 bits per heavy atom. The molecule has 1 fully saturated rings. The summed E-state index contributed by atoms with van der Waals surface area (Å²) in [6.07, 6.45) is 1.77. The summed E-state index contributed by atoms with van der Waals surface area (Å²) in [6.45, 7) is 8.23. The standard InChI is InChI=1S/C24H27N3O3/c1-18-15-23(19(2)30-18)24(28)27-13-11-26(12-14-27)16-20-6-8-22(9-7-20)29-17-21-5-3-4-10-25-21/h3-10,15H,11-14,16-17H2,1-2H3. The molecule has 0 radical (unpaired) electrons. The Bertz CT molecular complexity index is 975. The molecule has 0 unspecified atom stereocenters. The van der Waals surface area contributed by atoms with Crippen LogP contribution in [0.15, 0.2) is 59.1 Å². The predicted molar refractivity (Wildman–Crippen MR) is 114 cm³/mol. The van der Waals surface area contributed by atoms with Crippen molar-refractivity contribution < 1.29 is 13.9 Å². The topological polar surface area (TPSA) is 58.8 Å². The van der Waals surface area contributed by atoms with E-state index in [0.717, 1.165) is 49.9 Å². The van der Waals surface area contributed by atoms with Gasteiger partial charge in [-0.3, -0.25) is 14.7 Å². The first-order valence-electron chi connectivity index (χ1n) is 10.3. The van der Waals surface area contributed by atoms with Gasteiger partial charge in [0.2, 0.25) is 0 Å². The SMILES string of the molecule is Cc1cc(C(=O)N2CCN(Cc3ccc(OCc4ccccn4)cc3)CC2)c(C)o1. The maximum Gasteiger partial charge on any atom is 0.257 e. The molecule has 0 bridgehead atoms. The zero-order chi connectivity index (χ0) is 20.9. The number of aromatic nitrogens is 1. The van der Waals surface area contributed by atoms with E-state index in [1.165, 1.54) is 5.56 Å². The summed E-state index contributed by atoms with van der Waals surface area (Å²) in [5.74, 6) is 2.39. The zero-order valence-corrected chi connectivity index (χ0v) is 17.5. The molecule has 1 amide bonds. The summed E-state index contributed by atoms with van der Waals surface area (Å²) < 4.78 is 11.3. The van der Waals surface area contributed by atoms with E-state index >= 15 is 0 Å². The summed E-state index contributed by atoms with van der Waals surface area (Å²) in [5.41, 5.74) is 2.83. The highest BCUT2D eigenvalue weighted by Crippen LogP contribution is 2.19. The summed E-state index contributed by atoms with van der Waals surface area (Å²) in [4.78, 5) is 21.3. The molecule has 1 aliphatic heterocycles. The van der Waals surface area contributed by atoms with E-state index in [1.54, 1.807) is 6.20 Å². The van der Waals surface area contributed by atoms with Gasteiger partial charge in [-0.2, -0.15) is 0 Å². The summed E-state index contributed by atoms with van der Waals surface area (Å²) >= 11 is 0. The molecule has 1 aliphatic rings. The molecule has 0 N–H and O–H groups in total. The Balaban J connectivity index is 1.25. The first-order chi connectivity index (χ1) is 14.6. The summed E-state index contributed by atoms with van der Waals surface area (Å²) in [6, 6.07) is 15.8. The minimum Gasteiger partial charge on any atom is -0.487 e. The van der Waals surface area contributed by atoms with Crippen molar-refractivity contribution in [2.24, 2.45) is 0 Å². The molecule has 0 atom stereocenters. The summed E-state index contributed by atoms with van der Waals surface area (Å²) in [5, 5.41) is 0. The Morgan fingerprint density at radius 1 is 1.07 bits per heavy atom. The van der Waals surface area contributed by atoms with Crippen LogP contribution in [0.4, 0.5) is 0 Å². The third kappa shape index (κ3) is 4.89. The second-order valence-electron chi connectivity index (χ2n) is 7.65. The van der Waals surface area contributed by atoms with Crippen LogP contribution in [0.2, 0.25) is 0 Å². The second kappa shape index (κ2) is 9.13. The molecule has 0 spiro atoms. The number of piperazine rings is 1. The molecule has 6 nitrogen and oxygen atoms in total. The molecular formula is C24H27N3O3. The van der Waals surface area contributed by atoms with Gasteiger partial charge in [0.15, 0.2) is 0 Å². The van der Waals surface area contributed by atoms with Crippen molar-refractivity contribution in [3.8, 4) is 5.75 Å². The minimum atomic E-state index is 0.0680. The highest BCUT2D eigenvalue weighted by atomic mass is 16.5. The quantitative estimate of drug-likeness (QED) is 0.624. The molecule has 0 aliphatic carbocycles. The monoisotopic (exact) mass is 405 g/mol. The Hall–Kier alpha value is -3.12. The lowest BCUT2D eigenvalue weighted by Crippen LogP contribution is -2.48. The largest absolute Gasteiger partial charge is 0.487 e. The van der Waals surface area contributed by atoms with Crippen LogP contribution < -0.4 is 4.74 Å². The molecule has 1 saturated heterocycles. The number of benzene rings is 1. The van der Waals surface area contributed by atoms with Crippen molar-refractivity contribution in [2.75, 3.05) is 26.2 Å². The van der Waals surface area contributed by atoms with E-state index in [9.17, 15) is 4.79 Å². The van der Waals surface area contributed by atoms with Crippen molar-refractivity contribution in [1.29, 1.82) is 0 Å². The van der Waals surface area contributed by atoms with Crippen molar-refractivity contribution in [2.45, 2.75) is 27.0 Å². The van der Waals surface area contributed by atoms with Gasteiger partial charge in [-0.25, -0.2) is 0 Å². The Kier molecular flexibility index (Phi) is 6.14. The number of pyridine rings is 1. The number of hydrogen-bond acceptors (Lipinski definition) is 5. The molecule has 3 heterocycles. The number of carbonyl (C=O) groups excluding carboxylic acids is 1. The van der Waals surface area contributed by atoms with Gasteiger partial charge in [-0.15, -0.1) is 0 Å². The highest BCUT2D eigenvalue weighted by molar-refractivity contribution is 5.95. The van der Waals surface area contributed by atoms with Crippen LogP contribution in [0.5, 0.6) is 5.75 Å². The van der Waals surface area contributed by atoms with Gasteiger partial charge in [0.1, 0.15) is 23.9 Å². The molecule has 6 heteroatoms. The fourth-order valence-electron chi connectivity index (χ4n) is 3.71. The van der Waals surface area contributed by atoms with Gasteiger partial charge >= 0.3 is 0 Å². The maximum atomic E-state index is 12.7. The highest BCUT2D eigenvalue weighted by Gasteiger charge is 2.24. The van der Waals surface area contributed by atoms with Crippen LogP contribution in [-0.4, -0.2) is 46.9 Å². The third-order valence-corrected chi connectivity index (χ3v) is 5.37. The van der Waals surface area contributed by atoms with Crippen molar-refractivity contribution in [3.63, 3.8) is 0 Å². The predicted octanol–water partition coefficient (Wildman–Crippen LogP) is 3.83. The molecule has 2 aromatic heterocycles. The molecule has 156 valence electrons. The number of nitrogens with zero attached hydrogens (tertiary/aromatic N) is 3. The number of aryl methyl sites for hydroxylation is 2. The fraction of sp³-hybridized carbons (Fsp3) is 0.333. The molecule has 30 heavy (non-hydrogen) atoms. The van der Waals surface area contributed by atoms with E-state index in [1.807, 2.05) is 55.1 Å². The lowest BCUT2D eigenvalue weighted by Gasteiger charge is -2.34. The first-order valence-corrected chi connectivity index (χ1v) is 10.3. The lowest BCUT2D eigenvalue weighted by molar-refractivity contribution is 0.0626. The van der Waals surface area contributed by atoms with Crippen molar-refractivity contribution >= 4 is 5.91 Å². The Labute approximate surface area is 177 Å². The summed E-state index contributed by atoms with van der Waals surface area (Å²) in [7, 11) is 0. The van der Waals surface area contributed by atoms with Gasteiger partial charge in [0.05, 0.1) is 11.3 Å². The van der Waals surface area contributed by atoms with Crippen LogP contribution in [0.25, 0.3) is 0 Å².